The normalized spacial score (nSPS) is 23.3. The van der Waals surface area contributed by atoms with Gasteiger partial charge in [0.05, 0.1) is 12.7 Å². The van der Waals surface area contributed by atoms with Gasteiger partial charge in [0.1, 0.15) is 0 Å². The number of carbonyl (C=O) groups excluding carboxylic acids is 1. The van der Waals surface area contributed by atoms with Crippen LogP contribution in [0.15, 0.2) is 36.9 Å². The maximum Gasteiger partial charge on any atom is 0.337 e. The number of hydrogen-bond acceptors (Lipinski definition) is 2. The zero-order chi connectivity index (χ0) is 10.8. The molecular weight excluding hydrogens is 188 g/mol. The quantitative estimate of drug-likeness (QED) is 0.556. The molecule has 0 bridgehead atoms. The van der Waals surface area contributed by atoms with E-state index in [0.717, 1.165) is 0 Å². The minimum atomic E-state index is -0.280. The van der Waals surface area contributed by atoms with Gasteiger partial charge in [-0.2, -0.15) is 0 Å². The van der Waals surface area contributed by atoms with Gasteiger partial charge < -0.3 is 4.74 Å². The van der Waals surface area contributed by atoms with E-state index in [1.54, 1.807) is 0 Å². The SMILES string of the molecule is C=C[C@H]1C[C@@H]1c1ccc(C(=O)OC)cc1. The van der Waals surface area contributed by atoms with Crippen LogP contribution in [0.3, 0.4) is 0 Å². The first-order valence-corrected chi connectivity index (χ1v) is 5.07. The Kier molecular flexibility index (Phi) is 2.58. The zero-order valence-corrected chi connectivity index (χ0v) is 8.77. The van der Waals surface area contributed by atoms with Crippen LogP contribution in [0.25, 0.3) is 0 Å². The highest BCUT2D eigenvalue weighted by molar-refractivity contribution is 5.89. The van der Waals surface area contributed by atoms with Crippen molar-refractivity contribution in [3.05, 3.63) is 48.0 Å². The molecule has 0 heterocycles. The zero-order valence-electron chi connectivity index (χ0n) is 8.77. The maximum absolute atomic E-state index is 11.2. The van der Waals surface area contributed by atoms with Crippen molar-refractivity contribution >= 4 is 5.97 Å². The molecule has 1 aliphatic carbocycles. The lowest BCUT2D eigenvalue weighted by Gasteiger charge is -2.01. The van der Waals surface area contributed by atoms with E-state index >= 15 is 0 Å². The van der Waals surface area contributed by atoms with Crippen molar-refractivity contribution in [2.75, 3.05) is 7.11 Å². The smallest absolute Gasteiger partial charge is 0.337 e. The summed E-state index contributed by atoms with van der Waals surface area (Å²) in [6, 6.07) is 7.64. The van der Waals surface area contributed by atoms with E-state index < -0.39 is 0 Å². The van der Waals surface area contributed by atoms with E-state index in [0.29, 0.717) is 17.4 Å². The lowest BCUT2D eigenvalue weighted by Crippen LogP contribution is -2.00. The van der Waals surface area contributed by atoms with E-state index in [1.165, 1.54) is 19.1 Å². The molecule has 78 valence electrons. The Balaban J connectivity index is 2.11. The summed E-state index contributed by atoms with van der Waals surface area (Å²) in [5.74, 6) is 0.945. The van der Waals surface area contributed by atoms with Crippen LogP contribution in [-0.2, 0) is 4.74 Å². The van der Waals surface area contributed by atoms with Gasteiger partial charge in [0.25, 0.3) is 0 Å². The van der Waals surface area contributed by atoms with Gasteiger partial charge >= 0.3 is 5.97 Å². The van der Waals surface area contributed by atoms with E-state index in [4.69, 9.17) is 0 Å². The Labute approximate surface area is 89.6 Å². The summed E-state index contributed by atoms with van der Waals surface area (Å²) < 4.78 is 4.64. The number of hydrogen-bond donors (Lipinski definition) is 0. The van der Waals surface area contributed by atoms with Crippen LogP contribution in [-0.4, -0.2) is 13.1 Å². The standard InChI is InChI=1S/C13H14O2/c1-3-9-8-12(9)10-4-6-11(7-5-10)13(14)15-2/h3-7,9,12H,1,8H2,2H3/t9-,12-/m0/s1. The molecule has 1 aromatic carbocycles. The average Bonchev–Trinajstić information content (AvgIpc) is 3.07. The highest BCUT2D eigenvalue weighted by atomic mass is 16.5. The maximum atomic E-state index is 11.2. The largest absolute Gasteiger partial charge is 0.465 e. The molecule has 0 amide bonds. The number of esters is 1. The van der Waals surface area contributed by atoms with Gasteiger partial charge in [0.2, 0.25) is 0 Å². The molecule has 0 unspecified atom stereocenters. The molecule has 1 aromatic rings. The fourth-order valence-corrected chi connectivity index (χ4v) is 1.84. The molecule has 0 spiro atoms. The predicted octanol–water partition coefficient (Wildman–Crippen LogP) is 2.76. The van der Waals surface area contributed by atoms with Crippen LogP contribution < -0.4 is 0 Å². The molecule has 0 radical (unpaired) electrons. The first-order chi connectivity index (χ1) is 7.26. The summed E-state index contributed by atoms with van der Waals surface area (Å²) in [6.07, 6.45) is 3.18. The van der Waals surface area contributed by atoms with Gasteiger partial charge in [-0.3, -0.25) is 0 Å². The summed E-state index contributed by atoms with van der Waals surface area (Å²) in [5, 5.41) is 0. The Hall–Kier alpha value is -1.57. The Bertz CT molecular complexity index is 378. The van der Waals surface area contributed by atoms with Gasteiger partial charge in [-0.1, -0.05) is 18.2 Å². The molecule has 1 fully saturated rings. The highest BCUT2D eigenvalue weighted by Crippen LogP contribution is 2.47. The van der Waals surface area contributed by atoms with Crippen molar-refractivity contribution in [2.45, 2.75) is 12.3 Å². The minimum absolute atomic E-state index is 0.280. The van der Waals surface area contributed by atoms with Gasteiger partial charge in [-0.15, -0.1) is 6.58 Å². The first-order valence-electron chi connectivity index (χ1n) is 5.07. The molecular formula is C13H14O2. The van der Waals surface area contributed by atoms with Crippen LogP contribution in [0, 0.1) is 5.92 Å². The second-order valence-corrected chi connectivity index (χ2v) is 3.86. The van der Waals surface area contributed by atoms with Crippen LogP contribution in [0.1, 0.15) is 28.3 Å². The van der Waals surface area contributed by atoms with Crippen molar-refractivity contribution in [3.63, 3.8) is 0 Å². The molecule has 15 heavy (non-hydrogen) atoms. The van der Waals surface area contributed by atoms with E-state index in [2.05, 4.69) is 11.3 Å². The number of ether oxygens (including phenoxy) is 1. The van der Waals surface area contributed by atoms with Crippen molar-refractivity contribution in [1.29, 1.82) is 0 Å². The highest BCUT2D eigenvalue weighted by Gasteiger charge is 2.35. The predicted molar refractivity (Wildman–Crippen MR) is 58.8 cm³/mol. The second kappa shape index (κ2) is 3.89. The van der Waals surface area contributed by atoms with Crippen LogP contribution in [0.5, 0.6) is 0 Å². The average molecular weight is 202 g/mol. The topological polar surface area (TPSA) is 26.3 Å². The molecule has 0 N–H and O–H groups in total. The number of rotatable bonds is 3. The third-order valence-corrected chi connectivity index (χ3v) is 2.90. The molecule has 1 aliphatic rings. The Morgan fingerprint density at radius 1 is 1.47 bits per heavy atom. The summed E-state index contributed by atoms with van der Waals surface area (Å²) in [4.78, 5) is 11.2. The Morgan fingerprint density at radius 2 is 2.13 bits per heavy atom. The first kappa shape index (κ1) is 9.97. The van der Waals surface area contributed by atoms with E-state index in [1.807, 2.05) is 30.3 Å². The monoisotopic (exact) mass is 202 g/mol. The fourth-order valence-electron chi connectivity index (χ4n) is 1.84. The molecule has 0 aromatic heterocycles. The van der Waals surface area contributed by atoms with Crippen LogP contribution in [0.4, 0.5) is 0 Å². The van der Waals surface area contributed by atoms with E-state index in [9.17, 15) is 4.79 Å². The third-order valence-electron chi connectivity index (χ3n) is 2.90. The molecule has 2 nitrogen and oxygen atoms in total. The van der Waals surface area contributed by atoms with Gasteiger partial charge in [0, 0.05) is 0 Å². The summed E-state index contributed by atoms with van der Waals surface area (Å²) in [5.41, 5.74) is 1.89. The molecule has 0 aliphatic heterocycles. The van der Waals surface area contributed by atoms with Gasteiger partial charge in [-0.25, -0.2) is 4.79 Å². The van der Waals surface area contributed by atoms with Gasteiger partial charge in [0.15, 0.2) is 0 Å². The summed E-state index contributed by atoms with van der Waals surface area (Å²) in [7, 11) is 1.39. The number of allylic oxidation sites excluding steroid dienone is 1. The number of benzene rings is 1. The van der Waals surface area contributed by atoms with Crippen molar-refractivity contribution in [2.24, 2.45) is 5.92 Å². The van der Waals surface area contributed by atoms with Crippen molar-refractivity contribution in [1.82, 2.24) is 0 Å². The molecule has 1 saturated carbocycles. The lowest BCUT2D eigenvalue weighted by atomic mass is 10.1. The van der Waals surface area contributed by atoms with Gasteiger partial charge in [-0.05, 0) is 36.0 Å². The second-order valence-electron chi connectivity index (χ2n) is 3.86. The minimum Gasteiger partial charge on any atom is -0.465 e. The number of carbonyl (C=O) groups is 1. The van der Waals surface area contributed by atoms with E-state index in [-0.39, 0.29) is 5.97 Å². The molecule has 0 saturated heterocycles. The Morgan fingerprint density at radius 3 is 2.60 bits per heavy atom. The van der Waals surface area contributed by atoms with Crippen LogP contribution >= 0.6 is 0 Å². The fraction of sp³-hybridized carbons (Fsp3) is 0.308. The van der Waals surface area contributed by atoms with Crippen molar-refractivity contribution in [3.8, 4) is 0 Å². The molecule has 2 heteroatoms. The molecule has 2 atom stereocenters. The van der Waals surface area contributed by atoms with Crippen LogP contribution in [0.2, 0.25) is 0 Å². The van der Waals surface area contributed by atoms with Crippen molar-refractivity contribution < 1.29 is 9.53 Å². The summed E-state index contributed by atoms with van der Waals surface area (Å²) in [6.45, 7) is 3.78. The molecule has 2 rings (SSSR count). The lowest BCUT2D eigenvalue weighted by molar-refractivity contribution is 0.0600. The number of methoxy groups -OCH3 is 1. The summed E-state index contributed by atoms with van der Waals surface area (Å²) >= 11 is 0. The third kappa shape index (κ3) is 1.94.